The molecule has 0 saturated carbocycles. The molecule has 6 nitrogen and oxygen atoms in total. The van der Waals surface area contributed by atoms with Gasteiger partial charge in [-0.3, -0.25) is 20.8 Å². The second kappa shape index (κ2) is 8.10. The fourth-order valence-corrected chi connectivity index (χ4v) is 2.76. The van der Waals surface area contributed by atoms with E-state index >= 15 is 0 Å². The van der Waals surface area contributed by atoms with E-state index in [2.05, 4.69) is 0 Å². The largest absolute Gasteiger partial charge is 0.763 e. The van der Waals surface area contributed by atoms with Crippen LogP contribution in [0.2, 0.25) is 0 Å². The van der Waals surface area contributed by atoms with Gasteiger partial charge < -0.3 is 11.1 Å². The van der Waals surface area contributed by atoms with E-state index in [0.717, 1.165) is 0 Å². The summed E-state index contributed by atoms with van der Waals surface area (Å²) in [4.78, 5) is 23.6. The SMILES string of the molecule is [N-]=C=C(C(N)=S)C(c1ccccc1)C(C(=O)c1ccccc1)[N+](=O)[O-]. The van der Waals surface area contributed by atoms with Crippen LogP contribution in [-0.4, -0.2) is 27.6 Å². The van der Waals surface area contributed by atoms with E-state index < -0.39 is 22.7 Å². The van der Waals surface area contributed by atoms with Crippen molar-refractivity contribution < 1.29 is 9.72 Å². The summed E-state index contributed by atoms with van der Waals surface area (Å²) in [6.45, 7) is 0. The van der Waals surface area contributed by atoms with Crippen LogP contribution in [-0.2, 0) is 0 Å². The fraction of sp³-hybridized carbons (Fsp3) is 0.111. The quantitative estimate of drug-likeness (QED) is 0.206. The number of nitro groups is 1. The molecule has 0 amide bonds. The van der Waals surface area contributed by atoms with Gasteiger partial charge in [-0.25, -0.2) is 0 Å². The van der Waals surface area contributed by atoms with E-state index in [1.165, 1.54) is 12.1 Å². The van der Waals surface area contributed by atoms with Crippen LogP contribution in [0.15, 0.2) is 66.2 Å². The Labute approximate surface area is 149 Å². The van der Waals surface area contributed by atoms with Crippen LogP contribution in [0.5, 0.6) is 0 Å². The molecular formula is C18H14N3O3S-. The summed E-state index contributed by atoms with van der Waals surface area (Å²) in [7, 11) is 0. The number of ketones is 1. The van der Waals surface area contributed by atoms with Gasteiger partial charge in [0, 0.05) is 16.1 Å². The molecule has 2 aromatic carbocycles. The van der Waals surface area contributed by atoms with Crippen molar-refractivity contribution in [3.8, 4) is 0 Å². The molecule has 0 aliphatic heterocycles. The van der Waals surface area contributed by atoms with E-state index in [-0.39, 0.29) is 16.1 Å². The Morgan fingerprint density at radius 1 is 1.12 bits per heavy atom. The third kappa shape index (κ3) is 4.03. The number of carbonyl (C=O) groups is 1. The third-order valence-electron chi connectivity index (χ3n) is 3.73. The van der Waals surface area contributed by atoms with Gasteiger partial charge in [-0.05, 0) is 5.56 Å². The lowest BCUT2D eigenvalue weighted by Gasteiger charge is -2.22. The number of nitrogens with zero attached hydrogens (tertiary/aromatic N) is 2. The summed E-state index contributed by atoms with van der Waals surface area (Å²) >= 11 is 4.89. The van der Waals surface area contributed by atoms with Crippen LogP contribution < -0.4 is 5.73 Å². The molecule has 0 aliphatic rings. The highest BCUT2D eigenvalue weighted by atomic mass is 32.1. The van der Waals surface area contributed by atoms with Gasteiger partial charge in [-0.2, -0.15) is 0 Å². The minimum absolute atomic E-state index is 0.160. The lowest BCUT2D eigenvalue weighted by atomic mass is 9.82. The van der Waals surface area contributed by atoms with Gasteiger partial charge in [-0.15, -0.1) is 0 Å². The standard InChI is InChI=1S/C18H14N3O3S/c19-11-14(18(20)25)15(12-7-3-1-4-8-12)16(21(23)24)17(22)13-9-5-2-6-10-13/h1-10,15-16H,(H2,20,25)/q-1. The summed E-state index contributed by atoms with van der Waals surface area (Å²) in [6.07, 6.45) is 0. The van der Waals surface area contributed by atoms with Crippen molar-refractivity contribution in [3.63, 3.8) is 0 Å². The maximum atomic E-state index is 12.8. The van der Waals surface area contributed by atoms with Crippen LogP contribution >= 0.6 is 12.2 Å². The summed E-state index contributed by atoms with van der Waals surface area (Å²) in [5, 5.41) is 21.2. The fourth-order valence-electron chi connectivity index (χ4n) is 2.59. The number of hydrogen-bond acceptors (Lipinski definition) is 4. The molecule has 0 radical (unpaired) electrons. The highest BCUT2D eigenvalue weighted by Crippen LogP contribution is 2.30. The van der Waals surface area contributed by atoms with Crippen LogP contribution in [0.4, 0.5) is 0 Å². The molecule has 2 N–H and O–H groups in total. The second-order valence-electron chi connectivity index (χ2n) is 5.24. The molecule has 0 heterocycles. The molecular weight excluding hydrogens is 338 g/mol. The number of benzene rings is 2. The molecule has 0 aromatic heterocycles. The molecule has 2 atom stereocenters. The Kier molecular flexibility index (Phi) is 5.89. The highest BCUT2D eigenvalue weighted by Gasteiger charge is 2.42. The van der Waals surface area contributed by atoms with Gasteiger partial charge in [0.25, 0.3) is 6.04 Å². The summed E-state index contributed by atoms with van der Waals surface area (Å²) in [6, 6.07) is 14.5. The van der Waals surface area contributed by atoms with Crippen molar-refractivity contribution in [1.82, 2.24) is 0 Å². The monoisotopic (exact) mass is 352 g/mol. The Hall–Kier alpha value is -3.15. The van der Waals surface area contributed by atoms with Crippen molar-refractivity contribution in [2.45, 2.75) is 12.0 Å². The number of Topliss-reactive ketones (excluding diaryl/α,β-unsaturated/α-hetero) is 1. The first kappa shape index (κ1) is 18.2. The molecule has 0 spiro atoms. The topological polar surface area (TPSA) is 109 Å². The molecule has 2 unspecified atom stereocenters. The zero-order chi connectivity index (χ0) is 18.4. The molecule has 7 heteroatoms. The molecule has 2 rings (SSSR count). The van der Waals surface area contributed by atoms with E-state index in [4.69, 9.17) is 18.0 Å². The first-order valence-electron chi connectivity index (χ1n) is 7.31. The van der Waals surface area contributed by atoms with Gasteiger partial charge >= 0.3 is 0 Å². The number of thiocarbonyl (C=S) groups is 1. The average Bonchev–Trinajstić information content (AvgIpc) is 2.62. The predicted molar refractivity (Wildman–Crippen MR) is 99.4 cm³/mol. The van der Waals surface area contributed by atoms with Crippen molar-refractivity contribution in [2.75, 3.05) is 0 Å². The Bertz CT molecular complexity index is 846. The zero-order valence-corrected chi connectivity index (χ0v) is 13.8. The maximum absolute atomic E-state index is 12.8. The van der Waals surface area contributed by atoms with Gasteiger partial charge in [0.05, 0.1) is 5.92 Å². The van der Waals surface area contributed by atoms with Crippen LogP contribution in [0.1, 0.15) is 21.8 Å². The molecule has 0 fully saturated rings. The van der Waals surface area contributed by atoms with E-state index in [1.807, 2.05) is 5.87 Å². The highest BCUT2D eigenvalue weighted by molar-refractivity contribution is 7.80. The Balaban J connectivity index is 2.63. The molecule has 25 heavy (non-hydrogen) atoms. The maximum Gasteiger partial charge on any atom is 0.286 e. The Morgan fingerprint density at radius 2 is 1.64 bits per heavy atom. The summed E-state index contributed by atoms with van der Waals surface area (Å²) < 4.78 is 0. The van der Waals surface area contributed by atoms with Crippen LogP contribution in [0, 0.1) is 10.1 Å². The first-order valence-corrected chi connectivity index (χ1v) is 7.72. The van der Waals surface area contributed by atoms with Crippen molar-refractivity contribution in [3.05, 3.63) is 92.9 Å². The molecule has 0 bridgehead atoms. The molecule has 0 saturated heterocycles. The summed E-state index contributed by atoms with van der Waals surface area (Å²) in [5.74, 6) is -0.0303. The number of carbonyl (C=O) groups excluding carboxylic acids is 1. The predicted octanol–water partition coefficient (Wildman–Crippen LogP) is 2.75. The van der Waals surface area contributed by atoms with Crippen LogP contribution in [0.3, 0.4) is 0 Å². The minimum atomic E-state index is -1.71. The van der Waals surface area contributed by atoms with Gasteiger partial charge in [0.1, 0.15) is 4.99 Å². The third-order valence-corrected chi connectivity index (χ3v) is 3.95. The van der Waals surface area contributed by atoms with Crippen molar-refractivity contribution >= 4 is 28.9 Å². The Morgan fingerprint density at radius 3 is 2.08 bits per heavy atom. The first-order chi connectivity index (χ1) is 12.0. The number of nitrogens with two attached hydrogens (primary N) is 1. The zero-order valence-electron chi connectivity index (χ0n) is 13.0. The molecule has 2 aromatic rings. The van der Waals surface area contributed by atoms with Gasteiger partial charge in [-0.1, -0.05) is 72.9 Å². The minimum Gasteiger partial charge on any atom is -0.763 e. The molecule has 0 aliphatic carbocycles. The van der Waals surface area contributed by atoms with Gasteiger partial charge in [0.15, 0.2) is 0 Å². The smallest absolute Gasteiger partial charge is 0.286 e. The lowest BCUT2D eigenvalue weighted by molar-refractivity contribution is -0.507. The second-order valence-corrected chi connectivity index (χ2v) is 5.68. The van der Waals surface area contributed by atoms with E-state index in [0.29, 0.717) is 5.56 Å². The average molecular weight is 352 g/mol. The van der Waals surface area contributed by atoms with Crippen molar-refractivity contribution in [2.24, 2.45) is 5.73 Å². The van der Waals surface area contributed by atoms with Gasteiger partial charge in [0.2, 0.25) is 5.78 Å². The summed E-state index contributed by atoms with van der Waals surface area (Å²) in [5.41, 5.74) is 6.05. The molecule has 126 valence electrons. The van der Waals surface area contributed by atoms with E-state index in [9.17, 15) is 20.3 Å². The lowest BCUT2D eigenvalue weighted by Crippen LogP contribution is -2.39. The van der Waals surface area contributed by atoms with Crippen LogP contribution in [0.25, 0.3) is 5.41 Å². The number of hydrogen-bond donors (Lipinski definition) is 1. The normalized spacial score (nSPS) is 12.5. The number of rotatable bonds is 7. The van der Waals surface area contributed by atoms with E-state index in [1.54, 1.807) is 48.5 Å². The van der Waals surface area contributed by atoms with Crippen molar-refractivity contribution in [1.29, 1.82) is 0 Å².